The summed E-state index contributed by atoms with van der Waals surface area (Å²) in [6.07, 6.45) is 0. The maximum Gasteiger partial charge on any atom is 0.169 e. The number of rotatable bonds is 4. The van der Waals surface area contributed by atoms with Gasteiger partial charge in [0.2, 0.25) is 0 Å². The van der Waals surface area contributed by atoms with E-state index in [9.17, 15) is 0 Å². The third kappa shape index (κ3) is 3.31. The largest absolute Gasteiger partial charge is 0.453 e. The molecule has 0 radical (unpaired) electrons. The summed E-state index contributed by atoms with van der Waals surface area (Å²) in [6, 6.07) is 3.93. The normalized spacial score (nSPS) is 19.1. The predicted molar refractivity (Wildman–Crippen MR) is 65.2 cm³/mol. The fourth-order valence-electron chi connectivity index (χ4n) is 1.97. The molecule has 0 atom stereocenters. The molecule has 1 N–H and O–H groups in total. The molecule has 1 aromatic heterocycles. The molecule has 2 heterocycles. The van der Waals surface area contributed by atoms with E-state index in [2.05, 4.69) is 25.7 Å². The number of piperazine rings is 1. The van der Waals surface area contributed by atoms with E-state index in [4.69, 9.17) is 9.52 Å². The number of β-amino-alcohol motifs (C(OH)–C–C–N with tert-alkyl or cyclic N) is 1. The Labute approximate surface area is 104 Å². The highest BCUT2D eigenvalue weighted by Crippen LogP contribution is 2.16. The van der Waals surface area contributed by atoms with E-state index in [1.165, 1.54) is 0 Å². The number of hydrogen-bond acceptors (Lipinski definition) is 4. The zero-order valence-corrected chi connectivity index (χ0v) is 10.8. The Hall–Kier alpha value is -0.360. The quantitative estimate of drug-likeness (QED) is 0.902. The number of nitrogens with zero attached hydrogens (tertiary/aromatic N) is 2. The van der Waals surface area contributed by atoms with Crippen molar-refractivity contribution in [3.05, 3.63) is 22.6 Å². The van der Waals surface area contributed by atoms with Crippen LogP contribution in [0.2, 0.25) is 0 Å². The average Bonchev–Trinajstić information content (AvgIpc) is 2.67. The van der Waals surface area contributed by atoms with Crippen molar-refractivity contribution in [2.75, 3.05) is 39.3 Å². The molecule has 0 saturated carbocycles. The Balaban J connectivity index is 1.77. The Morgan fingerprint density at radius 1 is 1.19 bits per heavy atom. The fourth-order valence-corrected chi connectivity index (χ4v) is 2.31. The number of furan rings is 1. The summed E-state index contributed by atoms with van der Waals surface area (Å²) in [6.45, 7) is 6.06. The molecule has 2 rings (SSSR count). The van der Waals surface area contributed by atoms with Crippen LogP contribution in [0, 0.1) is 0 Å². The van der Waals surface area contributed by atoms with E-state index >= 15 is 0 Å². The van der Waals surface area contributed by atoms with Crippen LogP contribution >= 0.6 is 15.9 Å². The Bertz CT molecular complexity index is 322. The number of aliphatic hydroxyl groups excluding tert-OH is 1. The lowest BCUT2D eigenvalue weighted by Gasteiger charge is -2.33. The van der Waals surface area contributed by atoms with Gasteiger partial charge in [0.25, 0.3) is 0 Å². The summed E-state index contributed by atoms with van der Waals surface area (Å²) in [5.41, 5.74) is 0. The smallest absolute Gasteiger partial charge is 0.169 e. The van der Waals surface area contributed by atoms with Crippen molar-refractivity contribution in [1.82, 2.24) is 9.80 Å². The first-order valence-electron chi connectivity index (χ1n) is 5.58. The highest BCUT2D eigenvalue weighted by molar-refractivity contribution is 9.10. The van der Waals surface area contributed by atoms with Crippen LogP contribution in [0.25, 0.3) is 0 Å². The van der Waals surface area contributed by atoms with Crippen molar-refractivity contribution >= 4 is 15.9 Å². The SMILES string of the molecule is OCCN1CCN(Cc2ccc(Br)o2)CC1. The van der Waals surface area contributed by atoms with Gasteiger partial charge in [0, 0.05) is 32.7 Å². The van der Waals surface area contributed by atoms with Gasteiger partial charge in [-0.25, -0.2) is 0 Å². The molecule has 0 bridgehead atoms. The standard InChI is InChI=1S/C11H17BrN2O2/c12-11-2-1-10(16-11)9-14-5-3-13(4-6-14)7-8-15/h1-2,15H,3-9H2. The molecule has 1 aromatic rings. The average molecular weight is 289 g/mol. The minimum atomic E-state index is 0.255. The molecule has 16 heavy (non-hydrogen) atoms. The van der Waals surface area contributed by atoms with Crippen LogP contribution in [0.1, 0.15) is 5.76 Å². The predicted octanol–water partition coefficient (Wildman–Crippen LogP) is 1.15. The van der Waals surface area contributed by atoms with Gasteiger partial charge in [0.05, 0.1) is 13.2 Å². The maximum absolute atomic E-state index is 8.85. The molecule has 0 amide bonds. The van der Waals surface area contributed by atoms with Crippen molar-refractivity contribution in [1.29, 1.82) is 0 Å². The molecule has 0 aromatic carbocycles. The van der Waals surface area contributed by atoms with Crippen molar-refractivity contribution in [3.63, 3.8) is 0 Å². The molecule has 5 heteroatoms. The lowest BCUT2D eigenvalue weighted by Crippen LogP contribution is -2.46. The molecule has 1 fully saturated rings. The van der Waals surface area contributed by atoms with Crippen LogP contribution in [0.3, 0.4) is 0 Å². The van der Waals surface area contributed by atoms with Gasteiger partial charge in [-0.2, -0.15) is 0 Å². The minimum Gasteiger partial charge on any atom is -0.453 e. The maximum atomic E-state index is 8.85. The van der Waals surface area contributed by atoms with Gasteiger partial charge in [-0.05, 0) is 28.1 Å². The highest BCUT2D eigenvalue weighted by atomic mass is 79.9. The molecule has 0 aliphatic carbocycles. The van der Waals surface area contributed by atoms with E-state index in [-0.39, 0.29) is 6.61 Å². The van der Waals surface area contributed by atoms with E-state index in [1.807, 2.05) is 12.1 Å². The van der Waals surface area contributed by atoms with Crippen molar-refractivity contribution in [3.8, 4) is 0 Å². The van der Waals surface area contributed by atoms with Crippen molar-refractivity contribution < 1.29 is 9.52 Å². The third-order valence-electron chi connectivity index (χ3n) is 2.89. The van der Waals surface area contributed by atoms with Gasteiger partial charge in [0.15, 0.2) is 4.67 Å². The first-order chi connectivity index (χ1) is 7.78. The van der Waals surface area contributed by atoms with E-state index in [0.717, 1.165) is 49.7 Å². The lowest BCUT2D eigenvalue weighted by molar-refractivity contribution is 0.103. The Morgan fingerprint density at radius 3 is 2.44 bits per heavy atom. The van der Waals surface area contributed by atoms with Crippen LogP contribution in [-0.2, 0) is 6.54 Å². The summed E-state index contributed by atoms with van der Waals surface area (Å²) < 4.78 is 6.27. The van der Waals surface area contributed by atoms with Crippen molar-refractivity contribution in [2.24, 2.45) is 0 Å². The van der Waals surface area contributed by atoms with E-state index < -0.39 is 0 Å². The highest BCUT2D eigenvalue weighted by Gasteiger charge is 2.17. The summed E-state index contributed by atoms with van der Waals surface area (Å²) in [4.78, 5) is 4.66. The number of halogens is 1. The summed E-state index contributed by atoms with van der Waals surface area (Å²) in [7, 11) is 0. The molecule has 4 nitrogen and oxygen atoms in total. The van der Waals surface area contributed by atoms with Gasteiger partial charge < -0.3 is 9.52 Å². The first-order valence-corrected chi connectivity index (χ1v) is 6.37. The monoisotopic (exact) mass is 288 g/mol. The second kappa shape index (κ2) is 5.82. The summed E-state index contributed by atoms with van der Waals surface area (Å²) >= 11 is 3.31. The van der Waals surface area contributed by atoms with Gasteiger partial charge in [0.1, 0.15) is 5.76 Å². The molecular weight excluding hydrogens is 272 g/mol. The Kier molecular flexibility index (Phi) is 4.40. The lowest BCUT2D eigenvalue weighted by atomic mass is 10.3. The zero-order chi connectivity index (χ0) is 11.4. The topological polar surface area (TPSA) is 39.9 Å². The van der Waals surface area contributed by atoms with Crippen molar-refractivity contribution in [2.45, 2.75) is 6.54 Å². The Morgan fingerprint density at radius 2 is 1.88 bits per heavy atom. The molecule has 1 aliphatic heterocycles. The van der Waals surface area contributed by atoms with Crippen LogP contribution in [0.15, 0.2) is 21.2 Å². The number of hydrogen-bond donors (Lipinski definition) is 1. The van der Waals surface area contributed by atoms with E-state index in [0.29, 0.717) is 0 Å². The van der Waals surface area contributed by atoms with Gasteiger partial charge in [-0.3, -0.25) is 9.80 Å². The van der Waals surface area contributed by atoms with Gasteiger partial charge in [-0.15, -0.1) is 0 Å². The first kappa shape index (κ1) is 12.1. The zero-order valence-electron chi connectivity index (χ0n) is 9.23. The summed E-state index contributed by atoms with van der Waals surface area (Å²) in [5, 5.41) is 8.85. The fraction of sp³-hybridized carbons (Fsp3) is 0.636. The summed E-state index contributed by atoms with van der Waals surface area (Å²) in [5.74, 6) is 1.00. The third-order valence-corrected chi connectivity index (χ3v) is 3.32. The van der Waals surface area contributed by atoms with Crippen LogP contribution < -0.4 is 0 Å². The molecule has 1 saturated heterocycles. The minimum absolute atomic E-state index is 0.255. The second-order valence-corrected chi connectivity index (χ2v) is 4.83. The van der Waals surface area contributed by atoms with Crippen LogP contribution in [0.5, 0.6) is 0 Å². The molecular formula is C11H17BrN2O2. The number of aliphatic hydroxyl groups is 1. The molecule has 1 aliphatic rings. The van der Waals surface area contributed by atoms with Crippen LogP contribution in [-0.4, -0.2) is 54.2 Å². The second-order valence-electron chi connectivity index (χ2n) is 4.05. The molecule has 0 unspecified atom stereocenters. The van der Waals surface area contributed by atoms with Gasteiger partial charge >= 0.3 is 0 Å². The molecule has 0 spiro atoms. The molecule has 90 valence electrons. The van der Waals surface area contributed by atoms with Crippen LogP contribution in [0.4, 0.5) is 0 Å². The van der Waals surface area contributed by atoms with E-state index in [1.54, 1.807) is 0 Å². The van der Waals surface area contributed by atoms with Gasteiger partial charge in [-0.1, -0.05) is 0 Å².